The monoisotopic (exact) mass is 212 g/mol. The fraction of sp³-hybridized carbons (Fsp3) is 0. The molecule has 0 unspecified atom stereocenters. The van der Waals surface area contributed by atoms with Gasteiger partial charge in [-0.15, -0.1) is 0 Å². The molecule has 0 aliphatic heterocycles. The maximum absolute atomic E-state index is 11.4. The quantitative estimate of drug-likeness (QED) is 0.582. The summed E-state index contributed by atoms with van der Waals surface area (Å²) in [5.74, 6) is 0.670. The summed E-state index contributed by atoms with van der Waals surface area (Å²) in [6.45, 7) is 0. The van der Waals surface area contributed by atoms with Crippen LogP contribution < -0.4 is 5.63 Å². The van der Waals surface area contributed by atoms with Crippen LogP contribution in [0.2, 0.25) is 0 Å². The van der Waals surface area contributed by atoms with Crippen LogP contribution in [0.5, 0.6) is 0 Å². The second-order valence-corrected chi connectivity index (χ2v) is 3.45. The summed E-state index contributed by atoms with van der Waals surface area (Å²) in [6.07, 6.45) is 1.58. The van der Waals surface area contributed by atoms with E-state index in [9.17, 15) is 4.79 Å². The Bertz CT molecular complexity index is 678. The molecule has 16 heavy (non-hydrogen) atoms. The Balaban J connectivity index is 2.44. The van der Waals surface area contributed by atoms with Gasteiger partial charge in [0.05, 0.1) is 6.26 Å². The molecule has 3 heteroatoms. The first-order valence-corrected chi connectivity index (χ1v) is 4.91. The fourth-order valence-corrected chi connectivity index (χ4v) is 1.75. The van der Waals surface area contributed by atoms with Crippen LogP contribution in [0.3, 0.4) is 0 Å². The minimum Gasteiger partial charge on any atom is -0.464 e. The highest BCUT2D eigenvalue weighted by molar-refractivity contribution is 5.91. The van der Waals surface area contributed by atoms with Crippen molar-refractivity contribution in [2.75, 3.05) is 0 Å². The Morgan fingerprint density at radius 2 is 1.88 bits per heavy atom. The summed E-state index contributed by atoms with van der Waals surface area (Å²) in [6, 6.07) is 12.5. The van der Waals surface area contributed by atoms with Crippen LogP contribution in [-0.4, -0.2) is 0 Å². The van der Waals surface area contributed by atoms with E-state index >= 15 is 0 Å². The molecule has 3 nitrogen and oxygen atoms in total. The summed E-state index contributed by atoms with van der Waals surface area (Å²) >= 11 is 0. The van der Waals surface area contributed by atoms with Crippen molar-refractivity contribution in [3.05, 3.63) is 59.1 Å². The predicted octanol–water partition coefficient (Wildman–Crippen LogP) is 3.05. The Labute approximate surface area is 90.9 Å². The van der Waals surface area contributed by atoms with E-state index in [0.717, 1.165) is 10.9 Å². The van der Waals surface area contributed by atoms with E-state index in [1.807, 2.05) is 24.3 Å². The number of hydrogen-bond acceptors (Lipinski definition) is 3. The Morgan fingerprint density at radius 1 is 1.00 bits per heavy atom. The minimum atomic E-state index is -0.370. The van der Waals surface area contributed by atoms with Gasteiger partial charge in [0.1, 0.15) is 11.3 Å². The highest BCUT2D eigenvalue weighted by Crippen LogP contribution is 2.26. The third-order valence-electron chi connectivity index (χ3n) is 2.44. The Hall–Kier alpha value is -2.29. The molecular formula is C13H8O3. The number of fused-ring (bicyclic) bond motifs is 1. The van der Waals surface area contributed by atoms with Gasteiger partial charge in [-0.1, -0.05) is 18.2 Å². The summed E-state index contributed by atoms with van der Waals surface area (Å²) in [5.41, 5.74) is 0.961. The number of hydrogen-bond donors (Lipinski definition) is 0. The first-order chi connectivity index (χ1) is 7.84. The van der Waals surface area contributed by atoms with Crippen LogP contribution in [0.15, 0.2) is 62.4 Å². The highest BCUT2D eigenvalue weighted by Gasteiger charge is 2.08. The van der Waals surface area contributed by atoms with Crippen molar-refractivity contribution >= 4 is 11.0 Å². The molecule has 3 rings (SSSR count). The van der Waals surface area contributed by atoms with Crippen LogP contribution in [0.25, 0.3) is 22.3 Å². The smallest absolute Gasteiger partial charge is 0.336 e. The number of para-hydroxylation sites is 1. The summed E-state index contributed by atoms with van der Waals surface area (Å²) < 4.78 is 10.4. The second kappa shape index (κ2) is 3.38. The molecule has 0 fully saturated rings. The lowest BCUT2D eigenvalue weighted by Gasteiger charge is -2.01. The van der Waals surface area contributed by atoms with E-state index in [4.69, 9.17) is 8.83 Å². The third-order valence-corrected chi connectivity index (χ3v) is 2.44. The summed E-state index contributed by atoms with van der Waals surface area (Å²) in [5, 5.41) is 0.872. The van der Waals surface area contributed by atoms with Crippen molar-refractivity contribution in [3.8, 4) is 11.3 Å². The van der Waals surface area contributed by atoms with Crippen molar-refractivity contribution in [2.45, 2.75) is 0 Å². The van der Waals surface area contributed by atoms with Gasteiger partial charge in [-0.05, 0) is 18.2 Å². The topological polar surface area (TPSA) is 43.4 Å². The van der Waals surface area contributed by atoms with Crippen molar-refractivity contribution in [3.63, 3.8) is 0 Å². The van der Waals surface area contributed by atoms with E-state index in [2.05, 4.69) is 0 Å². The lowest BCUT2D eigenvalue weighted by atomic mass is 10.1. The number of rotatable bonds is 1. The highest BCUT2D eigenvalue weighted by atomic mass is 16.4. The van der Waals surface area contributed by atoms with Gasteiger partial charge in [-0.25, -0.2) is 4.79 Å². The maximum atomic E-state index is 11.4. The van der Waals surface area contributed by atoms with E-state index in [1.54, 1.807) is 18.4 Å². The molecule has 0 amide bonds. The minimum absolute atomic E-state index is 0.370. The molecule has 0 atom stereocenters. The predicted molar refractivity (Wildman–Crippen MR) is 60.2 cm³/mol. The molecule has 0 N–H and O–H groups in total. The van der Waals surface area contributed by atoms with E-state index in [0.29, 0.717) is 11.3 Å². The molecule has 0 saturated heterocycles. The molecule has 2 aromatic heterocycles. The SMILES string of the molecule is O=c1cc(-c2ccco2)c2ccccc2o1. The van der Waals surface area contributed by atoms with Gasteiger partial charge < -0.3 is 8.83 Å². The first-order valence-electron chi connectivity index (χ1n) is 4.91. The molecule has 0 spiro atoms. The van der Waals surface area contributed by atoms with Gasteiger partial charge in [-0.2, -0.15) is 0 Å². The van der Waals surface area contributed by atoms with Crippen molar-refractivity contribution < 1.29 is 8.83 Å². The van der Waals surface area contributed by atoms with Crippen LogP contribution in [0.1, 0.15) is 0 Å². The molecule has 0 aliphatic rings. The van der Waals surface area contributed by atoms with Crippen LogP contribution in [0.4, 0.5) is 0 Å². The largest absolute Gasteiger partial charge is 0.464 e. The molecule has 78 valence electrons. The zero-order chi connectivity index (χ0) is 11.0. The maximum Gasteiger partial charge on any atom is 0.336 e. The lowest BCUT2D eigenvalue weighted by Crippen LogP contribution is -1.97. The van der Waals surface area contributed by atoms with Gasteiger partial charge in [0, 0.05) is 17.0 Å². The zero-order valence-electron chi connectivity index (χ0n) is 8.34. The molecule has 1 aromatic carbocycles. The number of furan rings is 1. The van der Waals surface area contributed by atoms with Crippen LogP contribution >= 0.6 is 0 Å². The van der Waals surface area contributed by atoms with Gasteiger partial charge in [0.2, 0.25) is 0 Å². The van der Waals surface area contributed by atoms with Crippen LogP contribution in [0, 0.1) is 0 Å². The molecule has 0 radical (unpaired) electrons. The van der Waals surface area contributed by atoms with Gasteiger partial charge in [-0.3, -0.25) is 0 Å². The van der Waals surface area contributed by atoms with E-state index < -0.39 is 0 Å². The van der Waals surface area contributed by atoms with Crippen molar-refractivity contribution in [1.29, 1.82) is 0 Å². The zero-order valence-corrected chi connectivity index (χ0v) is 8.34. The second-order valence-electron chi connectivity index (χ2n) is 3.45. The molecule has 0 saturated carbocycles. The fourth-order valence-electron chi connectivity index (χ4n) is 1.75. The molecule has 3 aromatic rings. The normalized spacial score (nSPS) is 10.8. The number of benzene rings is 1. The molecule has 2 heterocycles. The van der Waals surface area contributed by atoms with Crippen molar-refractivity contribution in [1.82, 2.24) is 0 Å². The standard InChI is InChI=1S/C13H8O3/c14-13-8-10(11-6-3-7-15-11)9-4-1-2-5-12(9)16-13/h1-8H. The molecule has 0 aliphatic carbocycles. The average molecular weight is 212 g/mol. The van der Waals surface area contributed by atoms with Gasteiger partial charge in [0.15, 0.2) is 0 Å². The third kappa shape index (κ3) is 1.34. The average Bonchev–Trinajstić information content (AvgIpc) is 2.81. The summed E-state index contributed by atoms with van der Waals surface area (Å²) in [4.78, 5) is 11.4. The van der Waals surface area contributed by atoms with Crippen LogP contribution in [-0.2, 0) is 0 Å². The van der Waals surface area contributed by atoms with Gasteiger partial charge in [0.25, 0.3) is 0 Å². The van der Waals surface area contributed by atoms with Crippen molar-refractivity contribution in [2.24, 2.45) is 0 Å². The van der Waals surface area contributed by atoms with E-state index in [1.165, 1.54) is 6.07 Å². The summed E-state index contributed by atoms with van der Waals surface area (Å²) in [7, 11) is 0. The molecule has 0 bridgehead atoms. The first kappa shape index (κ1) is 8.97. The molecular weight excluding hydrogens is 204 g/mol. The Kier molecular flexibility index (Phi) is 1.90. The Morgan fingerprint density at radius 3 is 2.69 bits per heavy atom. The van der Waals surface area contributed by atoms with E-state index in [-0.39, 0.29) is 5.63 Å². The van der Waals surface area contributed by atoms with Gasteiger partial charge >= 0.3 is 5.63 Å². The lowest BCUT2D eigenvalue weighted by molar-refractivity contribution is 0.556.